The van der Waals surface area contributed by atoms with Crippen molar-refractivity contribution < 1.29 is 23.0 Å². The molecular weight excluding hydrogens is 308 g/mol. The van der Waals surface area contributed by atoms with Gasteiger partial charge in [0.25, 0.3) is 5.91 Å². The maximum atomic E-state index is 12.7. The number of hydrogen-bond acceptors (Lipinski definition) is 4. The number of carbonyl (C=O) groups is 1. The van der Waals surface area contributed by atoms with Crippen LogP contribution in [0.1, 0.15) is 16.1 Å². The van der Waals surface area contributed by atoms with Gasteiger partial charge >= 0.3 is 6.61 Å². The molecule has 6 nitrogen and oxygen atoms in total. The van der Waals surface area contributed by atoms with Crippen LogP contribution in [0.5, 0.6) is 5.88 Å². The van der Waals surface area contributed by atoms with Crippen LogP contribution in [0.4, 0.5) is 14.5 Å². The van der Waals surface area contributed by atoms with E-state index in [9.17, 15) is 13.6 Å². The molecule has 1 aliphatic heterocycles. The lowest BCUT2D eigenvalue weighted by Gasteiger charge is -2.20. The lowest BCUT2D eigenvalue weighted by molar-refractivity contribution is -0.0553. The molecule has 0 fully saturated rings. The molecule has 2 aromatic rings. The van der Waals surface area contributed by atoms with E-state index < -0.39 is 6.61 Å². The Morgan fingerprint density at radius 3 is 2.96 bits per heavy atom. The topological polar surface area (TPSA) is 56.6 Å². The van der Waals surface area contributed by atoms with Gasteiger partial charge in [-0.15, -0.1) is 0 Å². The van der Waals surface area contributed by atoms with Crippen molar-refractivity contribution in [2.45, 2.75) is 13.2 Å². The minimum atomic E-state index is -2.97. The highest BCUT2D eigenvalue weighted by Crippen LogP contribution is 2.26. The molecule has 122 valence electrons. The number of hydrogen-bond donors (Lipinski definition) is 0. The van der Waals surface area contributed by atoms with Crippen LogP contribution in [-0.2, 0) is 18.4 Å². The quantitative estimate of drug-likeness (QED) is 0.869. The van der Waals surface area contributed by atoms with Crippen LogP contribution >= 0.6 is 0 Å². The van der Waals surface area contributed by atoms with Gasteiger partial charge in [-0.3, -0.25) is 4.79 Å². The highest BCUT2D eigenvalue weighted by molar-refractivity contribution is 6.05. The van der Waals surface area contributed by atoms with Crippen molar-refractivity contribution >= 4 is 11.6 Å². The number of carbonyl (C=O) groups excluding carboxylic acids is 1. The van der Waals surface area contributed by atoms with Gasteiger partial charge in [-0.05, 0) is 6.07 Å². The van der Waals surface area contributed by atoms with E-state index in [4.69, 9.17) is 4.74 Å². The first-order chi connectivity index (χ1) is 11.1. The number of rotatable bonds is 3. The molecule has 0 atom stereocenters. The molecule has 8 heteroatoms. The molecule has 0 saturated heterocycles. The average molecular weight is 323 g/mol. The third-order valence-corrected chi connectivity index (χ3v) is 3.51. The van der Waals surface area contributed by atoms with E-state index >= 15 is 0 Å². The summed E-state index contributed by atoms with van der Waals surface area (Å²) in [7, 11) is 1.44. The number of fused-ring (bicyclic) bond motifs is 1. The summed E-state index contributed by atoms with van der Waals surface area (Å²) in [4.78, 5) is 14.3. The van der Waals surface area contributed by atoms with E-state index in [1.165, 1.54) is 18.0 Å². The van der Waals surface area contributed by atoms with Crippen LogP contribution in [0.15, 0.2) is 30.3 Å². The maximum Gasteiger partial charge on any atom is 0.388 e. The van der Waals surface area contributed by atoms with Crippen molar-refractivity contribution in [3.05, 3.63) is 41.6 Å². The van der Waals surface area contributed by atoms with Gasteiger partial charge in [0.1, 0.15) is 0 Å². The first kappa shape index (κ1) is 15.4. The Kier molecular flexibility index (Phi) is 4.24. The summed E-state index contributed by atoms with van der Waals surface area (Å²) in [5.74, 6) is -0.551. The predicted octanol–water partition coefficient (Wildman–Crippen LogP) is 2.20. The van der Waals surface area contributed by atoms with Crippen LogP contribution < -0.4 is 9.64 Å². The zero-order valence-corrected chi connectivity index (χ0v) is 12.4. The monoisotopic (exact) mass is 323 g/mol. The van der Waals surface area contributed by atoms with Crippen molar-refractivity contribution in [2.75, 3.05) is 18.1 Å². The smallest absolute Gasteiger partial charge is 0.388 e. The molecule has 3 rings (SSSR count). The minimum Gasteiger partial charge on any atom is -0.417 e. The molecule has 0 radical (unpaired) electrons. The molecule has 0 saturated carbocycles. The van der Waals surface area contributed by atoms with Crippen molar-refractivity contribution in [3.63, 3.8) is 0 Å². The van der Waals surface area contributed by atoms with Gasteiger partial charge in [0.05, 0.1) is 13.2 Å². The van der Waals surface area contributed by atoms with E-state index in [-0.39, 0.29) is 17.5 Å². The first-order valence-electron chi connectivity index (χ1n) is 7.02. The molecule has 0 aliphatic carbocycles. The van der Waals surface area contributed by atoms with E-state index in [0.717, 1.165) is 15.9 Å². The summed E-state index contributed by atoms with van der Waals surface area (Å²) in [5.41, 5.74) is 1.66. The third kappa shape index (κ3) is 3.16. The van der Waals surface area contributed by atoms with Gasteiger partial charge in [-0.25, -0.2) is 4.68 Å². The van der Waals surface area contributed by atoms with Crippen LogP contribution in [0.2, 0.25) is 0 Å². The second-order valence-corrected chi connectivity index (χ2v) is 5.01. The van der Waals surface area contributed by atoms with Gasteiger partial charge in [0.15, 0.2) is 5.69 Å². The summed E-state index contributed by atoms with van der Waals surface area (Å²) < 4.78 is 35.6. The number of benzene rings is 1. The zero-order valence-electron chi connectivity index (χ0n) is 12.4. The summed E-state index contributed by atoms with van der Waals surface area (Å²) in [6.07, 6.45) is 0. The fraction of sp³-hybridized carbons (Fsp3) is 0.333. The summed E-state index contributed by atoms with van der Waals surface area (Å²) >= 11 is 0. The Morgan fingerprint density at radius 1 is 1.39 bits per heavy atom. The lowest BCUT2D eigenvalue weighted by Crippen LogP contribution is -2.33. The molecule has 23 heavy (non-hydrogen) atoms. The van der Waals surface area contributed by atoms with Gasteiger partial charge in [0.2, 0.25) is 5.88 Å². The normalized spacial score (nSPS) is 14.5. The number of alkyl halides is 2. The van der Waals surface area contributed by atoms with Crippen LogP contribution in [0.3, 0.4) is 0 Å². The van der Waals surface area contributed by atoms with E-state index in [1.54, 1.807) is 0 Å². The highest BCUT2D eigenvalue weighted by atomic mass is 19.3. The number of ether oxygens (including phenoxy) is 2. The van der Waals surface area contributed by atoms with Crippen molar-refractivity contribution in [3.8, 4) is 5.88 Å². The number of anilines is 1. The number of amides is 1. The van der Waals surface area contributed by atoms with Gasteiger partial charge in [-0.1, -0.05) is 18.2 Å². The van der Waals surface area contributed by atoms with Gasteiger partial charge < -0.3 is 14.4 Å². The van der Waals surface area contributed by atoms with Crippen molar-refractivity contribution in [1.29, 1.82) is 0 Å². The third-order valence-electron chi connectivity index (χ3n) is 3.51. The van der Waals surface area contributed by atoms with Crippen LogP contribution in [-0.4, -0.2) is 35.5 Å². The Labute approximate surface area is 131 Å². The molecule has 1 amide bonds. The summed E-state index contributed by atoms with van der Waals surface area (Å²) in [6.45, 7) is -1.81. The molecule has 1 aromatic heterocycles. The average Bonchev–Trinajstić information content (AvgIpc) is 2.76. The highest BCUT2D eigenvalue weighted by Gasteiger charge is 2.25. The van der Waals surface area contributed by atoms with Crippen LogP contribution in [0, 0.1) is 0 Å². The molecule has 0 bridgehead atoms. The largest absolute Gasteiger partial charge is 0.417 e. The molecule has 0 unspecified atom stereocenters. The number of aryl methyl sites for hydroxylation is 1. The van der Waals surface area contributed by atoms with Gasteiger partial charge in [0, 0.05) is 30.9 Å². The minimum absolute atomic E-state index is 0.0415. The lowest BCUT2D eigenvalue weighted by atomic mass is 10.1. The second kappa shape index (κ2) is 6.33. The van der Waals surface area contributed by atoms with Crippen LogP contribution in [0.25, 0.3) is 0 Å². The Bertz CT molecular complexity index is 718. The molecule has 0 N–H and O–H groups in total. The molecule has 2 heterocycles. The van der Waals surface area contributed by atoms with E-state index in [2.05, 4.69) is 9.84 Å². The number of para-hydroxylation sites is 1. The molecule has 0 spiro atoms. The Balaban J connectivity index is 1.91. The second-order valence-electron chi connectivity index (χ2n) is 5.01. The van der Waals surface area contributed by atoms with Crippen molar-refractivity contribution in [1.82, 2.24) is 9.78 Å². The van der Waals surface area contributed by atoms with Crippen molar-refractivity contribution in [2.24, 2.45) is 7.05 Å². The van der Waals surface area contributed by atoms with E-state index in [1.807, 2.05) is 24.3 Å². The molecule has 1 aliphatic rings. The fourth-order valence-corrected chi connectivity index (χ4v) is 2.46. The van der Waals surface area contributed by atoms with Gasteiger partial charge in [-0.2, -0.15) is 13.9 Å². The number of aromatic nitrogens is 2. The number of halogens is 2. The zero-order chi connectivity index (χ0) is 16.4. The summed E-state index contributed by atoms with van der Waals surface area (Å²) in [6, 6.07) is 8.61. The standard InChI is InChI=1S/C15H15F2N3O3/c1-19-13(23-15(16)17)8-11(18-19)14(21)20-6-7-22-9-10-4-2-3-5-12(10)20/h2-5,8,15H,6-7,9H2,1H3. The molecule has 1 aromatic carbocycles. The Hall–Kier alpha value is -2.48. The predicted molar refractivity (Wildman–Crippen MR) is 77.6 cm³/mol. The SMILES string of the molecule is Cn1nc(C(=O)N2CCOCc3ccccc32)cc1OC(F)F. The van der Waals surface area contributed by atoms with E-state index in [0.29, 0.717) is 19.8 Å². The number of nitrogens with zero attached hydrogens (tertiary/aromatic N) is 3. The summed E-state index contributed by atoms with van der Waals surface area (Å²) in [5, 5.41) is 3.97. The first-order valence-corrected chi connectivity index (χ1v) is 7.02. The Morgan fingerprint density at radius 2 is 2.17 bits per heavy atom. The fourth-order valence-electron chi connectivity index (χ4n) is 2.46. The molecular formula is C15H15F2N3O3. The maximum absolute atomic E-state index is 12.7.